The highest BCUT2D eigenvalue weighted by molar-refractivity contribution is 5.75. The molecule has 1 aliphatic heterocycles. The van der Waals surface area contributed by atoms with Gasteiger partial charge < -0.3 is 5.11 Å². The standard InChI is InChI=1S/C15H29NO2/c1-4-7-8-13(6-3)16-11-10-15(12-16,9-5-2)14(17)18/h13H,4-12H2,1-3H3,(H,17,18). The van der Waals surface area contributed by atoms with Crippen molar-refractivity contribution in [3.05, 3.63) is 0 Å². The zero-order chi connectivity index (χ0) is 13.6. The Labute approximate surface area is 112 Å². The van der Waals surface area contributed by atoms with E-state index in [0.717, 1.165) is 38.8 Å². The number of nitrogens with zero attached hydrogens (tertiary/aromatic N) is 1. The molecule has 106 valence electrons. The second kappa shape index (κ2) is 7.13. The summed E-state index contributed by atoms with van der Waals surface area (Å²) in [5, 5.41) is 9.52. The predicted molar refractivity (Wildman–Crippen MR) is 74.8 cm³/mol. The van der Waals surface area contributed by atoms with Crippen LogP contribution in [0.4, 0.5) is 0 Å². The van der Waals surface area contributed by atoms with E-state index in [-0.39, 0.29) is 0 Å². The highest BCUT2D eigenvalue weighted by Gasteiger charge is 2.45. The van der Waals surface area contributed by atoms with Crippen LogP contribution in [-0.4, -0.2) is 35.1 Å². The quantitative estimate of drug-likeness (QED) is 0.721. The van der Waals surface area contributed by atoms with E-state index >= 15 is 0 Å². The van der Waals surface area contributed by atoms with Gasteiger partial charge in [-0.25, -0.2) is 0 Å². The monoisotopic (exact) mass is 255 g/mol. The Kier molecular flexibility index (Phi) is 6.13. The smallest absolute Gasteiger partial charge is 0.310 e. The van der Waals surface area contributed by atoms with E-state index in [4.69, 9.17) is 0 Å². The van der Waals surface area contributed by atoms with E-state index < -0.39 is 11.4 Å². The molecule has 2 unspecified atom stereocenters. The normalized spacial score (nSPS) is 26.4. The molecule has 0 aromatic rings. The van der Waals surface area contributed by atoms with E-state index in [9.17, 15) is 9.90 Å². The first kappa shape index (κ1) is 15.5. The van der Waals surface area contributed by atoms with Crippen molar-refractivity contribution in [1.29, 1.82) is 0 Å². The fourth-order valence-corrected chi connectivity index (χ4v) is 3.26. The van der Waals surface area contributed by atoms with Gasteiger partial charge in [0.2, 0.25) is 0 Å². The van der Waals surface area contributed by atoms with Crippen molar-refractivity contribution in [3.63, 3.8) is 0 Å². The average molecular weight is 255 g/mol. The summed E-state index contributed by atoms with van der Waals surface area (Å²) in [5.74, 6) is -0.586. The van der Waals surface area contributed by atoms with Crippen LogP contribution < -0.4 is 0 Å². The first-order valence-corrected chi connectivity index (χ1v) is 7.57. The first-order chi connectivity index (χ1) is 8.59. The molecule has 0 aromatic carbocycles. The number of carbonyl (C=O) groups is 1. The van der Waals surface area contributed by atoms with Crippen LogP contribution in [0.25, 0.3) is 0 Å². The van der Waals surface area contributed by atoms with E-state index in [0.29, 0.717) is 6.04 Å². The van der Waals surface area contributed by atoms with Gasteiger partial charge in [-0.05, 0) is 32.2 Å². The van der Waals surface area contributed by atoms with Gasteiger partial charge in [-0.15, -0.1) is 0 Å². The lowest BCUT2D eigenvalue weighted by atomic mass is 9.82. The summed E-state index contributed by atoms with van der Waals surface area (Å²) in [5.41, 5.74) is -0.464. The fraction of sp³-hybridized carbons (Fsp3) is 0.933. The molecule has 0 saturated carbocycles. The topological polar surface area (TPSA) is 40.5 Å². The number of hydrogen-bond acceptors (Lipinski definition) is 2. The Balaban J connectivity index is 2.63. The molecule has 0 aliphatic carbocycles. The molecule has 1 N–H and O–H groups in total. The minimum absolute atomic E-state index is 0.464. The molecule has 1 fully saturated rings. The maximum absolute atomic E-state index is 11.6. The lowest BCUT2D eigenvalue weighted by Crippen LogP contribution is -2.38. The molecule has 18 heavy (non-hydrogen) atoms. The van der Waals surface area contributed by atoms with Crippen LogP contribution in [0.1, 0.15) is 65.7 Å². The van der Waals surface area contributed by atoms with E-state index in [1.54, 1.807) is 0 Å². The van der Waals surface area contributed by atoms with Gasteiger partial charge in [0.1, 0.15) is 0 Å². The lowest BCUT2D eigenvalue weighted by Gasteiger charge is -2.29. The van der Waals surface area contributed by atoms with Gasteiger partial charge in [-0.1, -0.05) is 40.0 Å². The number of hydrogen-bond donors (Lipinski definition) is 1. The van der Waals surface area contributed by atoms with E-state index in [1.165, 1.54) is 19.3 Å². The lowest BCUT2D eigenvalue weighted by molar-refractivity contribution is -0.148. The summed E-state index contributed by atoms with van der Waals surface area (Å²) in [6.07, 6.45) is 7.45. The molecule has 1 rings (SSSR count). The Morgan fingerprint density at radius 1 is 1.33 bits per heavy atom. The fourth-order valence-electron chi connectivity index (χ4n) is 3.26. The molecule has 1 aliphatic rings. The third-order valence-corrected chi connectivity index (χ3v) is 4.44. The Bertz CT molecular complexity index is 267. The van der Waals surface area contributed by atoms with Crippen molar-refractivity contribution < 1.29 is 9.90 Å². The number of rotatable bonds is 8. The van der Waals surface area contributed by atoms with Crippen LogP contribution in [0.5, 0.6) is 0 Å². The first-order valence-electron chi connectivity index (χ1n) is 7.57. The summed E-state index contributed by atoms with van der Waals surface area (Å²) in [4.78, 5) is 14.0. The van der Waals surface area contributed by atoms with Gasteiger partial charge in [0.05, 0.1) is 5.41 Å². The number of carboxylic acid groups (broad SMARTS) is 1. The van der Waals surface area contributed by atoms with Crippen LogP contribution in [0.2, 0.25) is 0 Å². The minimum atomic E-state index is -0.586. The Morgan fingerprint density at radius 2 is 2.06 bits per heavy atom. The van der Waals surface area contributed by atoms with Crippen LogP contribution >= 0.6 is 0 Å². The van der Waals surface area contributed by atoms with Gasteiger partial charge in [0.15, 0.2) is 0 Å². The van der Waals surface area contributed by atoms with Crippen LogP contribution in [0.15, 0.2) is 0 Å². The SMILES string of the molecule is CCCCC(CC)N1CCC(CCC)(C(=O)O)C1. The van der Waals surface area contributed by atoms with Gasteiger partial charge in [0.25, 0.3) is 0 Å². The maximum Gasteiger partial charge on any atom is 0.310 e. The Hall–Kier alpha value is -0.570. The molecule has 3 nitrogen and oxygen atoms in total. The molecule has 0 spiro atoms. The maximum atomic E-state index is 11.6. The molecule has 1 heterocycles. The summed E-state index contributed by atoms with van der Waals surface area (Å²) < 4.78 is 0. The Morgan fingerprint density at radius 3 is 2.56 bits per heavy atom. The van der Waals surface area contributed by atoms with E-state index in [2.05, 4.69) is 25.7 Å². The minimum Gasteiger partial charge on any atom is -0.481 e. The molecule has 2 atom stereocenters. The van der Waals surface area contributed by atoms with Crippen molar-refractivity contribution in [1.82, 2.24) is 4.90 Å². The zero-order valence-electron chi connectivity index (χ0n) is 12.2. The number of aliphatic carboxylic acids is 1. The van der Waals surface area contributed by atoms with Crippen LogP contribution in [-0.2, 0) is 4.79 Å². The van der Waals surface area contributed by atoms with Gasteiger partial charge in [-0.2, -0.15) is 0 Å². The van der Waals surface area contributed by atoms with Crippen molar-refractivity contribution in [2.24, 2.45) is 5.41 Å². The molecule has 3 heteroatoms. The molecule has 0 bridgehead atoms. The largest absolute Gasteiger partial charge is 0.481 e. The molecular weight excluding hydrogens is 226 g/mol. The number of unbranched alkanes of at least 4 members (excludes halogenated alkanes) is 1. The third-order valence-electron chi connectivity index (χ3n) is 4.44. The van der Waals surface area contributed by atoms with Crippen LogP contribution in [0.3, 0.4) is 0 Å². The second-order valence-corrected chi connectivity index (χ2v) is 5.76. The molecule has 0 radical (unpaired) electrons. The number of likely N-dealkylation sites (tertiary alicyclic amines) is 1. The van der Waals surface area contributed by atoms with Crippen molar-refractivity contribution in [2.75, 3.05) is 13.1 Å². The second-order valence-electron chi connectivity index (χ2n) is 5.76. The summed E-state index contributed by atoms with van der Waals surface area (Å²) in [6.45, 7) is 8.25. The summed E-state index contributed by atoms with van der Waals surface area (Å²) in [6, 6.07) is 0.586. The van der Waals surface area contributed by atoms with Crippen molar-refractivity contribution in [3.8, 4) is 0 Å². The molecular formula is C15H29NO2. The molecule has 0 aromatic heterocycles. The molecule has 1 saturated heterocycles. The zero-order valence-corrected chi connectivity index (χ0v) is 12.2. The van der Waals surface area contributed by atoms with Gasteiger partial charge in [-0.3, -0.25) is 9.69 Å². The van der Waals surface area contributed by atoms with Gasteiger partial charge >= 0.3 is 5.97 Å². The van der Waals surface area contributed by atoms with E-state index in [1.807, 2.05) is 0 Å². The molecule has 0 amide bonds. The highest BCUT2D eigenvalue weighted by atomic mass is 16.4. The average Bonchev–Trinajstić information content (AvgIpc) is 2.76. The summed E-state index contributed by atoms with van der Waals surface area (Å²) >= 11 is 0. The van der Waals surface area contributed by atoms with Crippen molar-refractivity contribution >= 4 is 5.97 Å². The van der Waals surface area contributed by atoms with Crippen LogP contribution in [0, 0.1) is 5.41 Å². The number of carboxylic acids is 1. The van der Waals surface area contributed by atoms with Gasteiger partial charge in [0, 0.05) is 12.6 Å². The third kappa shape index (κ3) is 3.47. The predicted octanol–water partition coefficient (Wildman–Crippen LogP) is 3.53. The summed E-state index contributed by atoms with van der Waals surface area (Å²) in [7, 11) is 0. The van der Waals surface area contributed by atoms with Crippen molar-refractivity contribution in [2.45, 2.75) is 71.8 Å². The highest BCUT2D eigenvalue weighted by Crippen LogP contribution is 2.37.